The van der Waals surface area contributed by atoms with Gasteiger partial charge in [0, 0.05) is 51.0 Å². The number of nitrogens with one attached hydrogen (secondary N) is 2. The van der Waals surface area contributed by atoms with E-state index in [0.717, 1.165) is 11.6 Å². The summed E-state index contributed by atoms with van der Waals surface area (Å²) in [5.74, 6) is -2.02. The van der Waals surface area contributed by atoms with Crippen LogP contribution in [0.2, 0.25) is 0 Å². The molecule has 0 spiro atoms. The molecule has 0 radical (unpaired) electrons. The van der Waals surface area contributed by atoms with Gasteiger partial charge in [-0.1, -0.05) is 12.1 Å². The Hall–Kier alpha value is -3.37. The molecule has 4 N–H and O–H groups in total. The van der Waals surface area contributed by atoms with Crippen molar-refractivity contribution < 1.29 is 23.8 Å². The maximum absolute atomic E-state index is 14.8. The van der Waals surface area contributed by atoms with E-state index in [4.69, 9.17) is 0 Å². The van der Waals surface area contributed by atoms with Crippen molar-refractivity contribution in [3.8, 4) is 11.3 Å². The summed E-state index contributed by atoms with van der Waals surface area (Å²) in [6, 6.07) is 7.24. The minimum Gasteiger partial charge on any atom is -0.396 e. The van der Waals surface area contributed by atoms with E-state index in [9.17, 15) is 23.8 Å². The summed E-state index contributed by atoms with van der Waals surface area (Å²) in [4.78, 5) is 17.0. The average Bonchev–Trinajstić information content (AvgIpc) is 3.21. The predicted octanol–water partition coefficient (Wildman–Crippen LogP) is 1.75. The second kappa shape index (κ2) is 10.8. The molecular formula is C22H25F2N5O3. The van der Waals surface area contributed by atoms with Crippen LogP contribution in [-0.4, -0.2) is 57.2 Å². The molecule has 2 heterocycles. The molecule has 0 bridgehead atoms. The Labute approximate surface area is 183 Å². The van der Waals surface area contributed by atoms with Gasteiger partial charge in [-0.05, 0) is 30.2 Å². The quantitative estimate of drug-likeness (QED) is 0.378. The Balaban J connectivity index is 1.84. The summed E-state index contributed by atoms with van der Waals surface area (Å²) in [5.41, 5.74) is 1.22. The van der Waals surface area contributed by atoms with Crippen molar-refractivity contribution in [3.63, 3.8) is 0 Å². The fourth-order valence-electron chi connectivity index (χ4n) is 3.08. The van der Waals surface area contributed by atoms with Gasteiger partial charge in [0.2, 0.25) is 0 Å². The molecule has 10 heteroatoms. The predicted molar refractivity (Wildman–Crippen MR) is 115 cm³/mol. The normalized spacial score (nSPS) is 11.1. The van der Waals surface area contributed by atoms with Crippen LogP contribution >= 0.6 is 0 Å². The van der Waals surface area contributed by atoms with E-state index in [2.05, 4.69) is 20.7 Å². The Morgan fingerprint density at radius 3 is 2.66 bits per heavy atom. The lowest BCUT2D eigenvalue weighted by Crippen LogP contribution is -2.33. The van der Waals surface area contributed by atoms with Crippen LogP contribution < -0.4 is 10.6 Å². The first-order valence-electron chi connectivity index (χ1n) is 10.1. The van der Waals surface area contributed by atoms with Crippen LogP contribution in [0.3, 0.4) is 0 Å². The number of hydrogen-bond acceptors (Lipinski definition) is 6. The number of aromatic nitrogens is 3. The molecule has 32 heavy (non-hydrogen) atoms. The fraction of sp³-hybridized carbons (Fsp3) is 0.318. The number of benzene rings is 1. The van der Waals surface area contributed by atoms with Crippen LogP contribution in [0.4, 0.5) is 14.6 Å². The van der Waals surface area contributed by atoms with Crippen molar-refractivity contribution >= 4 is 11.7 Å². The second-order valence-electron chi connectivity index (χ2n) is 7.37. The van der Waals surface area contributed by atoms with Crippen molar-refractivity contribution in [2.45, 2.75) is 6.42 Å². The molecule has 170 valence electrons. The summed E-state index contributed by atoms with van der Waals surface area (Å²) in [6.07, 6.45) is 3.53. The summed E-state index contributed by atoms with van der Waals surface area (Å²) >= 11 is 0. The highest BCUT2D eigenvalue weighted by atomic mass is 19.1. The van der Waals surface area contributed by atoms with E-state index < -0.39 is 17.6 Å². The molecule has 0 aliphatic rings. The Kier molecular flexibility index (Phi) is 7.85. The standard InChI is InChI=1S/C22H25F2N5O3/c1-29-11-16(10-27-29)20-19(24)8-18(22(32)26-9-15(12-30)13-31)21(28-20)25-6-5-14-3-2-4-17(23)7-14/h2-4,7-8,10-11,15,30-31H,5-6,9,12-13H2,1H3,(H,25,28)(H,26,32). The number of amides is 1. The van der Waals surface area contributed by atoms with Gasteiger partial charge in [0.25, 0.3) is 5.91 Å². The van der Waals surface area contributed by atoms with Crippen LogP contribution in [0.5, 0.6) is 0 Å². The molecule has 3 rings (SSSR count). The highest BCUT2D eigenvalue weighted by Crippen LogP contribution is 2.25. The first kappa shape index (κ1) is 23.3. The first-order chi connectivity index (χ1) is 15.4. The van der Waals surface area contributed by atoms with Crippen LogP contribution in [0.15, 0.2) is 42.7 Å². The number of carbonyl (C=O) groups is 1. The molecule has 0 fully saturated rings. The topological polar surface area (TPSA) is 112 Å². The van der Waals surface area contributed by atoms with Gasteiger partial charge in [-0.15, -0.1) is 0 Å². The molecule has 0 aliphatic carbocycles. The van der Waals surface area contributed by atoms with E-state index in [1.807, 2.05) is 0 Å². The van der Waals surface area contributed by atoms with E-state index in [-0.39, 0.29) is 42.7 Å². The van der Waals surface area contributed by atoms with Gasteiger partial charge in [-0.25, -0.2) is 13.8 Å². The van der Waals surface area contributed by atoms with Gasteiger partial charge < -0.3 is 20.8 Å². The fourth-order valence-corrected chi connectivity index (χ4v) is 3.08. The minimum absolute atomic E-state index is 0.0144. The van der Waals surface area contributed by atoms with Crippen LogP contribution in [0.1, 0.15) is 15.9 Å². The van der Waals surface area contributed by atoms with Crippen LogP contribution in [0, 0.1) is 17.6 Å². The molecule has 2 aromatic heterocycles. The summed E-state index contributed by atoms with van der Waals surface area (Å²) < 4.78 is 29.7. The maximum Gasteiger partial charge on any atom is 0.255 e. The third-order valence-electron chi connectivity index (χ3n) is 4.86. The monoisotopic (exact) mass is 445 g/mol. The summed E-state index contributed by atoms with van der Waals surface area (Å²) in [6.45, 7) is -0.268. The second-order valence-corrected chi connectivity index (χ2v) is 7.37. The van der Waals surface area contributed by atoms with E-state index in [1.165, 1.54) is 23.0 Å². The third-order valence-corrected chi connectivity index (χ3v) is 4.86. The Bertz CT molecular complexity index is 1070. The van der Waals surface area contributed by atoms with E-state index >= 15 is 0 Å². The number of aryl methyl sites for hydroxylation is 1. The molecule has 0 aliphatic heterocycles. The highest BCUT2D eigenvalue weighted by molar-refractivity contribution is 5.99. The number of aliphatic hydroxyl groups is 2. The molecule has 1 aromatic carbocycles. The van der Waals surface area contributed by atoms with Crippen molar-refractivity contribution in [1.82, 2.24) is 20.1 Å². The van der Waals surface area contributed by atoms with Gasteiger partial charge in [-0.2, -0.15) is 5.10 Å². The summed E-state index contributed by atoms with van der Waals surface area (Å²) in [7, 11) is 1.69. The molecule has 8 nitrogen and oxygen atoms in total. The zero-order valence-corrected chi connectivity index (χ0v) is 17.6. The molecule has 0 saturated heterocycles. The van der Waals surface area contributed by atoms with Crippen LogP contribution in [0.25, 0.3) is 11.3 Å². The zero-order valence-electron chi connectivity index (χ0n) is 17.6. The van der Waals surface area contributed by atoms with Gasteiger partial charge in [-0.3, -0.25) is 9.48 Å². The number of hydrogen-bond donors (Lipinski definition) is 4. The molecule has 0 saturated carbocycles. The summed E-state index contributed by atoms with van der Waals surface area (Å²) in [5, 5.41) is 28.0. The van der Waals surface area contributed by atoms with Gasteiger partial charge in [0.05, 0.1) is 11.8 Å². The maximum atomic E-state index is 14.8. The van der Waals surface area contributed by atoms with Crippen molar-refractivity contribution in [2.24, 2.45) is 13.0 Å². The number of nitrogens with zero attached hydrogens (tertiary/aromatic N) is 3. The first-order valence-corrected chi connectivity index (χ1v) is 10.1. The Morgan fingerprint density at radius 1 is 1.22 bits per heavy atom. The largest absolute Gasteiger partial charge is 0.396 e. The number of halogens is 2. The van der Waals surface area contributed by atoms with Crippen molar-refractivity contribution in [1.29, 1.82) is 0 Å². The van der Waals surface area contributed by atoms with Crippen LogP contribution in [-0.2, 0) is 13.5 Å². The lowest BCUT2D eigenvalue weighted by Gasteiger charge is -2.15. The molecule has 0 unspecified atom stereocenters. The van der Waals surface area contributed by atoms with E-state index in [0.29, 0.717) is 18.5 Å². The Morgan fingerprint density at radius 2 is 2.00 bits per heavy atom. The number of pyridine rings is 1. The van der Waals surface area contributed by atoms with Gasteiger partial charge in [0.1, 0.15) is 17.3 Å². The minimum atomic E-state index is -0.695. The molecule has 3 aromatic rings. The molecular weight excluding hydrogens is 420 g/mol. The molecule has 1 amide bonds. The number of rotatable bonds is 10. The smallest absolute Gasteiger partial charge is 0.255 e. The SMILES string of the molecule is Cn1cc(-c2nc(NCCc3cccc(F)c3)c(C(=O)NCC(CO)CO)cc2F)cn1. The highest BCUT2D eigenvalue weighted by Gasteiger charge is 2.20. The zero-order chi connectivity index (χ0) is 23.1. The lowest BCUT2D eigenvalue weighted by molar-refractivity contribution is 0.0922. The van der Waals surface area contributed by atoms with Gasteiger partial charge in [0.15, 0.2) is 5.82 Å². The number of carbonyl (C=O) groups excluding carboxylic acids is 1. The van der Waals surface area contributed by atoms with E-state index in [1.54, 1.807) is 25.4 Å². The van der Waals surface area contributed by atoms with Crippen molar-refractivity contribution in [2.75, 3.05) is 31.6 Å². The average molecular weight is 445 g/mol. The lowest BCUT2D eigenvalue weighted by atomic mass is 10.1. The number of aliphatic hydroxyl groups excluding tert-OH is 2. The third kappa shape index (κ3) is 5.86. The number of anilines is 1. The van der Waals surface area contributed by atoms with Crippen molar-refractivity contribution in [3.05, 3.63) is 65.5 Å². The molecule has 0 atom stereocenters. The van der Waals surface area contributed by atoms with Gasteiger partial charge >= 0.3 is 0 Å².